The van der Waals surface area contributed by atoms with Crippen LogP contribution in [0.4, 0.5) is 0 Å². The van der Waals surface area contributed by atoms with Gasteiger partial charge in [-0.25, -0.2) is 9.97 Å². The highest BCUT2D eigenvalue weighted by Crippen LogP contribution is 2.44. The molecule has 4 heteroatoms. The van der Waals surface area contributed by atoms with Crippen molar-refractivity contribution in [2.45, 2.75) is 25.2 Å². The Morgan fingerprint density at radius 2 is 2.47 bits per heavy atom. The third-order valence-electron chi connectivity index (χ3n) is 3.09. The number of aryl methyl sites for hydroxylation is 1. The van der Waals surface area contributed by atoms with Gasteiger partial charge in [0.25, 0.3) is 0 Å². The molecule has 1 aliphatic carbocycles. The Bertz CT molecular complexity index is 494. The van der Waals surface area contributed by atoms with Gasteiger partial charge in [-0.05, 0) is 30.7 Å². The van der Waals surface area contributed by atoms with Crippen molar-refractivity contribution in [1.82, 2.24) is 9.97 Å². The van der Waals surface area contributed by atoms with Gasteiger partial charge in [0.1, 0.15) is 11.2 Å². The van der Waals surface area contributed by atoms with Crippen LogP contribution in [0, 0.1) is 0 Å². The Kier molecular flexibility index (Phi) is 2.18. The highest BCUT2D eigenvalue weighted by atomic mass is 32.1. The summed E-state index contributed by atoms with van der Waals surface area (Å²) >= 11 is 1.78. The van der Waals surface area contributed by atoms with Gasteiger partial charge < -0.3 is 5.11 Å². The molecule has 0 aliphatic heterocycles. The molecule has 2 aromatic heterocycles. The first kappa shape index (κ1) is 9.24. The van der Waals surface area contributed by atoms with E-state index in [2.05, 4.69) is 9.97 Å². The monoisotopic (exact) mass is 220 g/mol. The minimum atomic E-state index is 0.273. The predicted molar refractivity (Wildman–Crippen MR) is 60.2 cm³/mol. The van der Waals surface area contributed by atoms with Crippen molar-refractivity contribution in [2.75, 3.05) is 6.61 Å². The molecule has 0 saturated heterocycles. The third kappa shape index (κ3) is 1.36. The van der Waals surface area contributed by atoms with Crippen LogP contribution in [0.15, 0.2) is 12.5 Å². The molecule has 0 fully saturated rings. The van der Waals surface area contributed by atoms with Crippen molar-refractivity contribution in [3.8, 4) is 0 Å². The molecule has 3 rings (SSSR count). The molecule has 78 valence electrons. The summed E-state index contributed by atoms with van der Waals surface area (Å²) in [5.74, 6) is 0.518. The number of aromatic nitrogens is 2. The molecule has 3 nitrogen and oxygen atoms in total. The number of aliphatic hydroxyl groups excluding tert-OH is 1. The topological polar surface area (TPSA) is 46.0 Å². The molecule has 15 heavy (non-hydrogen) atoms. The second-order valence-electron chi connectivity index (χ2n) is 3.93. The predicted octanol–water partition coefficient (Wildman–Crippen LogP) is 2.10. The molecule has 0 amide bonds. The van der Waals surface area contributed by atoms with Crippen LogP contribution in [-0.2, 0) is 6.42 Å². The van der Waals surface area contributed by atoms with E-state index in [-0.39, 0.29) is 6.61 Å². The van der Waals surface area contributed by atoms with E-state index >= 15 is 0 Å². The lowest BCUT2D eigenvalue weighted by Crippen LogP contribution is -1.96. The van der Waals surface area contributed by atoms with Crippen molar-refractivity contribution in [3.63, 3.8) is 0 Å². The summed E-state index contributed by atoms with van der Waals surface area (Å²) in [7, 11) is 0. The smallest absolute Gasteiger partial charge is 0.127 e. The van der Waals surface area contributed by atoms with Gasteiger partial charge in [-0.3, -0.25) is 0 Å². The number of nitrogens with zero attached hydrogens (tertiary/aromatic N) is 2. The molecule has 1 aliphatic rings. The van der Waals surface area contributed by atoms with E-state index in [1.54, 1.807) is 17.7 Å². The van der Waals surface area contributed by atoms with Crippen LogP contribution < -0.4 is 0 Å². The Labute approximate surface area is 91.8 Å². The maximum Gasteiger partial charge on any atom is 0.127 e. The summed E-state index contributed by atoms with van der Waals surface area (Å²) in [4.78, 5) is 10.9. The van der Waals surface area contributed by atoms with Crippen LogP contribution in [0.5, 0.6) is 0 Å². The zero-order chi connectivity index (χ0) is 10.3. The first-order valence-electron chi connectivity index (χ1n) is 5.22. The third-order valence-corrected chi connectivity index (χ3v) is 4.28. The number of hydrogen-bond donors (Lipinski definition) is 1. The molecular weight excluding hydrogens is 208 g/mol. The van der Waals surface area contributed by atoms with Crippen LogP contribution in [0.1, 0.15) is 29.2 Å². The van der Waals surface area contributed by atoms with Crippen molar-refractivity contribution >= 4 is 21.6 Å². The lowest BCUT2D eigenvalue weighted by atomic mass is 9.98. The molecule has 0 aromatic carbocycles. The zero-order valence-electron chi connectivity index (χ0n) is 8.31. The molecule has 1 atom stereocenters. The van der Waals surface area contributed by atoms with E-state index in [1.807, 2.05) is 6.20 Å². The van der Waals surface area contributed by atoms with E-state index in [1.165, 1.54) is 22.2 Å². The summed E-state index contributed by atoms with van der Waals surface area (Å²) in [6, 6.07) is 0. The van der Waals surface area contributed by atoms with Gasteiger partial charge in [0.15, 0.2) is 0 Å². The lowest BCUT2D eigenvalue weighted by Gasteiger charge is -2.07. The first-order chi connectivity index (χ1) is 7.40. The fourth-order valence-corrected chi connectivity index (χ4v) is 3.65. The molecular formula is C11H12N2OS. The Balaban J connectivity index is 2.16. The minimum absolute atomic E-state index is 0.273. The minimum Gasteiger partial charge on any atom is -0.396 e. The van der Waals surface area contributed by atoms with Crippen molar-refractivity contribution in [2.24, 2.45) is 0 Å². The number of hydrogen-bond acceptors (Lipinski definition) is 4. The van der Waals surface area contributed by atoms with Crippen molar-refractivity contribution < 1.29 is 5.11 Å². The van der Waals surface area contributed by atoms with Crippen LogP contribution in [-0.4, -0.2) is 21.7 Å². The largest absolute Gasteiger partial charge is 0.396 e. The SMILES string of the molecule is OCCC1CCc2sc3ncncc3c21. The average Bonchev–Trinajstić information content (AvgIpc) is 2.78. The summed E-state index contributed by atoms with van der Waals surface area (Å²) in [5.41, 5.74) is 1.41. The molecule has 0 spiro atoms. The standard InChI is InChI=1S/C11H12N2OS/c14-4-3-7-1-2-9-10(7)8-5-12-6-13-11(8)15-9/h5-7,14H,1-4H2. The molecule has 0 bridgehead atoms. The van der Waals surface area contributed by atoms with E-state index in [4.69, 9.17) is 5.11 Å². The number of thiophene rings is 1. The second kappa shape index (κ2) is 3.54. The van der Waals surface area contributed by atoms with E-state index in [0.717, 1.165) is 17.7 Å². The quantitative estimate of drug-likeness (QED) is 0.843. The molecule has 0 saturated carbocycles. The normalized spacial score (nSPS) is 19.7. The van der Waals surface area contributed by atoms with Crippen molar-refractivity contribution in [1.29, 1.82) is 0 Å². The molecule has 2 heterocycles. The van der Waals surface area contributed by atoms with Gasteiger partial charge in [-0.15, -0.1) is 11.3 Å². The van der Waals surface area contributed by atoms with Crippen LogP contribution in [0.2, 0.25) is 0 Å². The van der Waals surface area contributed by atoms with E-state index < -0.39 is 0 Å². The van der Waals surface area contributed by atoms with Crippen molar-refractivity contribution in [3.05, 3.63) is 23.0 Å². The fraction of sp³-hybridized carbons (Fsp3) is 0.455. The highest BCUT2D eigenvalue weighted by molar-refractivity contribution is 7.18. The lowest BCUT2D eigenvalue weighted by molar-refractivity contribution is 0.275. The van der Waals surface area contributed by atoms with Gasteiger partial charge in [0.2, 0.25) is 0 Å². The van der Waals surface area contributed by atoms with Gasteiger partial charge in [0.05, 0.1) is 0 Å². The Morgan fingerprint density at radius 1 is 1.53 bits per heavy atom. The summed E-state index contributed by atoms with van der Waals surface area (Å²) in [6.45, 7) is 0.273. The number of rotatable bonds is 2. The molecule has 1 unspecified atom stereocenters. The number of fused-ring (bicyclic) bond motifs is 3. The van der Waals surface area contributed by atoms with Crippen LogP contribution >= 0.6 is 11.3 Å². The maximum absolute atomic E-state index is 9.03. The summed E-state index contributed by atoms with van der Waals surface area (Å²) < 4.78 is 0. The fourth-order valence-electron chi connectivity index (χ4n) is 2.43. The van der Waals surface area contributed by atoms with Gasteiger partial charge in [-0.1, -0.05) is 0 Å². The van der Waals surface area contributed by atoms with Crippen LogP contribution in [0.3, 0.4) is 0 Å². The zero-order valence-corrected chi connectivity index (χ0v) is 9.13. The number of aliphatic hydroxyl groups is 1. The molecule has 0 radical (unpaired) electrons. The average molecular weight is 220 g/mol. The van der Waals surface area contributed by atoms with Crippen LogP contribution in [0.25, 0.3) is 10.2 Å². The second-order valence-corrected chi connectivity index (χ2v) is 5.01. The van der Waals surface area contributed by atoms with E-state index in [0.29, 0.717) is 5.92 Å². The van der Waals surface area contributed by atoms with E-state index in [9.17, 15) is 0 Å². The van der Waals surface area contributed by atoms with Gasteiger partial charge in [-0.2, -0.15) is 0 Å². The molecule has 2 aromatic rings. The Hall–Kier alpha value is -1.00. The van der Waals surface area contributed by atoms with Gasteiger partial charge >= 0.3 is 0 Å². The summed E-state index contributed by atoms with van der Waals surface area (Å²) in [6.07, 6.45) is 6.70. The Morgan fingerprint density at radius 3 is 3.33 bits per heavy atom. The first-order valence-corrected chi connectivity index (χ1v) is 6.04. The maximum atomic E-state index is 9.03. The molecule has 1 N–H and O–H groups in total. The highest BCUT2D eigenvalue weighted by Gasteiger charge is 2.27. The van der Waals surface area contributed by atoms with Gasteiger partial charge in [0, 0.05) is 23.1 Å². The summed E-state index contributed by atoms with van der Waals surface area (Å²) in [5, 5.41) is 10.2.